The molecule has 1 amide bonds. The molecule has 0 spiro atoms. The Balaban J connectivity index is 2.28. The summed E-state index contributed by atoms with van der Waals surface area (Å²) >= 11 is 6.69. The summed E-state index contributed by atoms with van der Waals surface area (Å²) in [6, 6.07) is 7.05. The lowest BCUT2D eigenvalue weighted by atomic mass is 10.2. The van der Waals surface area contributed by atoms with E-state index in [1.165, 1.54) is 0 Å². The van der Waals surface area contributed by atoms with E-state index in [2.05, 4.69) is 47.5 Å². The third-order valence-electron chi connectivity index (χ3n) is 2.74. The van der Waals surface area contributed by atoms with Crippen LogP contribution < -0.4 is 15.4 Å². The lowest BCUT2D eigenvalue weighted by molar-refractivity contribution is 0.102. The predicted molar refractivity (Wildman–Crippen MR) is 90.1 cm³/mol. The van der Waals surface area contributed by atoms with Crippen molar-refractivity contribution in [3.05, 3.63) is 45.0 Å². The Hall–Kier alpha value is -1.60. The maximum Gasteiger partial charge on any atom is 0.259 e. The fourth-order valence-corrected chi connectivity index (χ4v) is 2.49. The summed E-state index contributed by atoms with van der Waals surface area (Å²) in [6.45, 7) is 0. The summed E-state index contributed by atoms with van der Waals surface area (Å²) in [5.41, 5.74) is 1.09. The van der Waals surface area contributed by atoms with Crippen molar-refractivity contribution in [1.82, 2.24) is 4.98 Å². The number of carbonyl (C=O) groups is 1. The summed E-state index contributed by atoms with van der Waals surface area (Å²) in [4.78, 5) is 16.5. The zero-order chi connectivity index (χ0) is 15.4. The van der Waals surface area contributed by atoms with E-state index in [0.29, 0.717) is 22.8 Å². The van der Waals surface area contributed by atoms with Crippen molar-refractivity contribution in [2.45, 2.75) is 0 Å². The number of halogens is 2. The number of nitrogens with zero attached hydrogens (tertiary/aromatic N) is 1. The number of pyridine rings is 1. The van der Waals surface area contributed by atoms with Gasteiger partial charge in [0, 0.05) is 29.5 Å². The fraction of sp³-hybridized carbons (Fsp3) is 0.143. The highest BCUT2D eigenvalue weighted by Gasteiger charge is 2.13. The maximum atomic E-state index is 12.4. The Morgan fingerprint density at radius 1 is 1.29 bits per heavy atom. The van der Waals surface area contributed by atoms with E-state index in [0.717, 1.165) is 8.95 Å². The van der Waals surface area contributed by atoms with Crippen molar-refractivity contribution >= 4 is 49.3 Å². The number of amides is 1. The normalized spacial score (nSPS) is 10.1. The highest BCUT2D eigenvalue weighted by Crippen LogP contribution is 2.28. The van der Waals surface area contributed by atoms with E-state index >= 15 is 0 Å². The van der Waals surface area contributed by atoms with Gasteiger partial charge in [0.2, 0.25) is 0 Å². The van der Waals surface area contributed by atoms with Crippen molar-refractivity contribution in [2.24, 2.45) is 0 Å². The van der Waals surface area contributed by atoms with Gasteiger partial charge >= 0.3 is 0 Å². The highest BCUT2D eigenvalue weighted by atomic mass is 79.9. The molecule has 0 aliphatic rings. The quantitative estimate of drug-likeness (QED) is 0.796. The minimum Gasteiger partial charge on any atom is -0.495 e. The molecule has 21 heavy (non-hydrogen) atoms. The standard InChI is InChI=1S/C14H13Br2N3O2/c1-17-13-10(5-8(15)7-18-13)14(20)19-9-3-4-11(16)12(6-9)21-2/h3-7H,1-2H3,(H,17,18)(H,19,20). The summed E-state index contributed by atoms with van der Waals surface area (Å²) in [7, 11) is 3.29. The number of hydrogen-bond acceptors (Lipinski definition) is 4. The second-order valence-electron chi connectivity index (χ2n) is 4.10. The lowest BCUT2D eigenvalue weighted by Crippen LogP contribution is -2.15. The Kier molecular flexibility index (Phi) is 5.19. The molecule has 0 saturated heterocycles. The molecule has 1 aromatic heterocycles. The molecule has 2 aromatic rings. The van der Waals surface area contributed by atoms with Crippen molar-refractivity contribution < 1.29 is 9.53 Å². The van der Waals surface area contributed by atoms with Crippen LogP contribution in [-0.2, 0) is 0 Å². The third kappa shape index (κ3) is 3.74. The third-order valence-corrected chi connectivity index (χ3v) is 3.83. The van der Waals surface area contributed by atoms with Gasteiger partial charge in [0.05, 0.1) is 17.1 Å². The van der Waals surface area contributed by atoms with Gasteiger partial charge in [-0.15, -0.1) is 0 Å². The van der Waals surface area contributed by atoms with E-state index < -0.39 is 0 Å². The van der Waals surface area contributed by atoms with Crippen LogP contribution in [0.2, 0.25) is 0 Å². The van der Waals surface area contributed by atoms with Gasteiger partial charge in [-0.2, -0.15) is 0 Å². The van der Waals surface area contributed by atoms with E-state index in [-0.39, 0.29) is 5.91 Å². The van der Waals surface area contributed by atoms with E-state index in [1.807, 2.05) is 6.07 Å². The summed E-state index contributed by atoms with van der Waals surface area (Å²) < 4.78 is 6.76. The Labute approximate surface area is 139 Å². The van der Waals surface area contributed by atoms with E-state index in [9.17, 15) is 4.79 Å². The number of benzene rings is 1. The van der Waals surface area contributed by atoms with Gasteiger partial charge in [-0.05, 0) is 50.1 Å². The number of anilines is 2. The topological polar surface area (TPSA) is 63.2 Å². The van der Waals surface area contributed by atoms with Crippen molar-refractivity contribution in [2.75, 3.05) is 24.8 Å². The van der Waals surface area contributed by atoms with Gasteiger partial charge in [-0.25, -0.2) is 4.98 Å². The van der Waals surface area contributed by atoms with Gasteiger partial charge in [0.25, 0.3) is 5.91 Å². The van der Waals surface area contributed by atoms with Crippen molar-refractivity contribution in [3.63, 3.8) is 0 Å². The maximum absolute atomic E-state index is 12.4. The molecule has 1 heterocycles. The SMILES string of the molecule is CNc1ncc(Br)cc1C(=O)Nc1ccc(Br)c(OC)c1. The zero-order valence-electron chi connectivity index (χ0n) is 11.4. The number of rotatable bonds is 4. The molecule has 2 N–H and O–H groups in total. The molecule has 0 aliphatic carbocycles. The number of aromatic nitrogens is 1. The highest BCUT2D eigenvalue weighted by molar-refractivity contribution is 9.10. The van der Waals surface area contributed by atoms with Crippen molar-refractivity contribution in [3.8, 4) is 5.75 Å². The number of nitrogens with one attached hydrogen (secondary N) is 2. The van der Waals surface area contributed by atoms with Crippen LogP contribution in [0.4, 0.5) is 11.5 Å². The number of ether oxygens (including phenoxy) is 1. The van der Waals surface area contributed by atoms with Gasteiger partial charge in [0.1, 0.15) is 11.6 Å². The van der Waals surface area contributed by atoms with Gasteiger partial charge in [0.15, 0.2) is 0 Å². The van der Waals surface area contributed by atoms with Crippen molar-refractivity contribution in [1.29, 1.82) is 0 Å². The number of hydrogen-bond donors (Lipinski definition) is 2. The summed E-state index contributed by atoms with van der Waals surface area (Å²) in [5, 5.41) is 5.72. The summed E-state index contributed by atoms with van der Waals surface area (Å²) in [5.74, 6) is 0.909. The Morgan fingerprint density at radius 3 is 2.71 bits per heavy atom. The van der Waals surface area contributed by atoms with E-state index in [1.54, 1.807) is 38.6 Å². The minimum absolute atomic E-state index is 0.252. The first-order chi connectivity index (χ1) is 10.0. The van der Waals surface area contributed by atoms with Crippen LogP contribution in [0.5, 0.6) is 5.75 Å². The molecule has 110 valence electrons. The van der Waals surface area contributed by atoms with Gasteiger partial charge in [-0.1, -0.05) is 0 Å². The molecule has 0 bridgehead atoms. The molecule has 0 saturated carbocycles. The van der Waals surface area contributed by atoms with Gasteiger partial charge < -0.3 is 15.4 Å². The molecule has 0 atom stereocenters. The molecular weight excluding hydrogens is 402 g/mol. The predicted octanol–water partition coefficient (Wildman–Crippen LogP) is 3.91. The molecule has 5 nitrogen and oxygen atoms in total. The van der Waals surface area contributed by atoms with Crippen LogP contribution in [0.3, 0.4) is 0 Å². The van der Waals surface area contributed by atoms with Crippen LogP contribution in [0.25, 0.3) is 0 Å². The fourth-order valence-electron chi connectivity index (χ4n) is 1.75. The Morgan fingerprint density at radius 2 is 2.05 bits per heavy atom. The average Bonchev–Trinajstić information content (AvgIpc) is 2.49. The first-order valence-electron chi connectivity index (χ1n) is 6.03. The van der Waals surface area contributed by atoms with Crippen LogP contribution in [0, 0.1) is 0 Å². The largest absolute Gasteiger partial charge is 0.495 e. The number of methoxy groups -OCH3 is 1. The van der Waals surface area contributed by atoms with Crippen LogP contribution in [0.1, 0.15) is 10.4 Å². The average molecular weight is 415 g/mol. The second kappa shape index (κ2) is 6.91. The lowest BCUT2D eigenvalue weighted by Gasteiger charge is -2.11. The van der Waals surface area contributed by atoms with Crippen LogP contribution in [-0.4, -0.2) is 25.0 Å². The summed E-state index contributed by atoms with van der Waals surface area (Å²) in [6.07, 6.45) is 1.63. The molecule has 7 heteroatoms. The molecule has 2 rings (SSSR count). The van der Waals surface area contributed by atoms with Crippen LogP contribution >= 0.6 is 31.9 Å². The first-order valence-corrected chi connectivity index (χ1v) is 7.62. The van der Waals surface area contributed by atoms with Gasteiger partial charge in [-0.3, -0.25) is 4.79 Å². The Bertz CT molecular complexity index is 677. The zero-order valence-corrected chi connectivity index (χ0v) is 14.6. The molecule has 0 fully saturated rings. The second-order valence-corrected chi connectivity index (χ2v) is 5.87. The first kappa shape index (κ1) is 15.8. The van der Waals surface area contributed by atoms with Crippen LogP contribution in [0.15, 0.2) is 39.4 Å². The monoisotopic (exact) mass is 413 g/mol. The molecule has 1 aromatic carbocycles. The van der Waals surface area contributed by atoms with E-state index in [4.69, 9.17) is 4.74 Å². The number of carbonyl (C=O) groups excluding carboxylic acids is 1. The molecule has 0 aliphatic heterocycles. The molecular formula is C14H13Br2N3O2. The molecule has 0 unspecified atom stereocenters. The smallest absolute Gasteiger partial charge is 0.259 e. The minimum atomic E-state index is -0.252. The molecule has 0 radical (unpaired) electrons.